The largest absolute Gasteiger partial charge is 0.287 e. The molecule has 0 saturated heterocycles. The van der Waals surface area contributed by atoms with Gasteiger partial charge in [-0.3, -0.25) is 4.79 Å². The van der Waals surface area contributed by atoms with Gasteiger partial charge in [0.1, 0.15) is 0 Å². The minimum atomic E-state index is 0.241. The molecule has 0 unspecified atom stereocenters. The Bertz CT molecular complexity index is 308. The lowest BCUT2D eigenvalue weighted by Crippen LogP contribution is -1.90. The monoisotopic (exact) mass is 242 g/mol. The van der Waals surface area contributed by atoms with Gasteiger partial charge in [-0.05, 0) is 30.7 Å². The van der Waals surface area contributed by atoms with Crippen LogP contribution in [0, 0.1) is 0 Å². The van der Waals surface area contributed by atoms with Crippen LogP contribution >= 0.6 is 23.4 Å². The van der Waals surface area contributed by atoms with Gasteiger partial charge < -0.3 is 0 Å². The van der Waals surface area contributed by atoms with Gasteiger partial charge in [-0.1, -0.05) is 43.1 Å². The Hall–Kier alpha value is -0.470. The molecule has 0 aromatic heterocycles. The second kappa shape index (κ2) is 6.91. The Morgan fingerprint density at radius 3 is 2.53 bits per heavy atom. The van der Waals surface area contributed by atoms with E-state index in [1.807, 2.05) is 24.3 Å². The summed E-state index contributed by atoms with van der Waals surface area (Å²) >= 11 is 7.06. The van der Waals surface area contributed by atoms with Gasteiger partial charge in [-0.25, -0.2) is 0 Å². The second-order valence-electron chi connectivity index (χ2n) is 3.39. The molecule has 0 N–H and O–H groups in total. The van der Waals surface area contributed by atoms with Gasteiger partial charge in [-0.2, -0.15) is 0 Å². The van der Waals surface area contributed by atoms with Crippen LogP contribution in [-0.4, -0.2) is 5.12 Å². The van der Waals surface area contributed by atoms with Crippen molar-refractivity contribution in [3.63, 3.8) is 0 Å². The minimum Gasteiger partial charge on any atom is -0.287 e. The van der Waals surface area contributed by atoms with Crippen molar-refractivity contribution in [3.8, 4) is 0 Å². The van der Waals surface area contributed by atoms with Crippen LogP contribution in [0.15, 0.2) is 29.2 Å². The summed E-state index contributed by atoms with van der Waals surface area (Å²) < 4.78 is 0. The van der Waals surface area contributed by atoms with E-state index < -0.39 is 0 Å². The quantitative estimate of drug-likeness (QED) is 0.557. The highest BCUT2D eigenvalue weighted by Crippen LogP contribution is 2.22. The first-order chi connectivity index (χ1) is 7.22. The first kappa shape index (κ1) is 12.6. The highest BCUT2D eigenvalue weighted by atomic mass is 35.5. The van der Waals surface area contributed by atoms with Gasteiger partial charge in [0.2, 0.25) is 0 Å². The normalized spacial score (nSPS) is 10.3. The fourth-order valence-corrected chi connectivity index (χ4v) is 2.11. The van der Waals surface area contributed by atoms with Gasteiger partial charge in [0.05, 0.1) is 0 Å². The maximum absolute atomic E-state index is 11.5. The number of carbonyl (C=O) groups excluding carboxylic acids is 1. The number of benzene rings is 1. The maximum atomic E-state index is 11.5. The molecule has 1 nitrogen and oxygen atoms in total. The van der Waals surface area contributed by atoms with E-state index in [0.717, 1.165) is 24.2 Å². The molecule has 0 radical (unpaired) electrons. The lowest BCUT2D eigenvalue weighted by Gasteiger charge is -2.00. The van der Waals surface area contributed by atoms with Crippen molar-refractivity contribution >= 4 is 28.5 Å². The molecule has 82 valence electrons. The van der Waals surface area contributed by atoms with Crippen molar-refractivity contribution in [3.05, 3.63) is 29.3 Å². The van der Waals surface area contributed by atoms with E-state index in [1.165, 1.54) is 11.8 Å². The Morgan fingerprint density at radius 1 is 1.27 bits per heavy atom. The van der Waals surface area contributed by atoms with Crippen LogP contribution in [0.5, 0.6) is 0 Å². The van der Waals surface area contributed by atoms with Crippen LogP contribution in [0.2, 0.25) is 5.02 Å². The predicted molar refractivity (Wildman–Crippen MR) is 66.5 cm³/mol. The Labute approximate surface area is 100 Å². The fraction of sp³-hybridized carbons (Fsp3) is 0.417. The van der Waals surface area contributed by atoms with Crippen LogP contribution < -0.4 is 0 Å². The Balaban J connectivity index is 2.34. The molecule has 0 aliphatic heterocycles. The molecule has 0 atom stereocenters. The molecule has 0 spiro atoms. The highest BCUT2D eigenvalue weighted by Gasteiger charge is 2.03. The third-order valence-electron chi connectivity index (χ3n) is 2.03. The molecule has 1 aromatic rings. The minimum absolute atomic E-state index is 0.241. The van der Waals surface area contributed by atoms with Crippen molar-refractivity contribution in [2.45, 2.75) is 37.5 Å². The Morgan fingerprint density at radius 2 is 1.93 bits per heavy atom. The average Bonchev–Trinajstić information content (AvgIpc) is 2.22. The molecular formula is C12H15ClOS. The number of hydrogen-bond donors (Lipinski definition) is 0. The number of halogens is 1. The smallest absolute Gasteiger partial charge is 0.193 e. The van der Waals surface area contributed by atoms with Gasteiger partial charge >= 0.3 is 0 Å². The first-order valence-electron chi connectivity index (χ1n) is 5.18. The summed E-state index contributed by atoms with van der Waals surface area (Å²) in [5.74, 6) is 0. The van der Waals surface area contributed by atoms with Crippen LogP contribution in [0.25, 0.3) is 0 Å². The summed E-state index contributed by atoms with van der Waals surface area (Å²) in [4.78, 5) is 12.5. The predicted octanol–water partition coefficient (Wildman–Crippen LogP) is 4.54. The van der Waals surface area contributed by atoms with E-state index in [1.54, 1.807) is 0 Å². The van der Waals surface area contributed by atoms with Gasteiger partial charge in [-0.15, -0.1) is 0 Å². The van der Waals surface area contributed by atoms with Gasteiger partial charge in [0.25, 0.3) is 0 Å². The van der Waals surface area contributed by atoms with Crippen LogP contribution in [0.4, 0.5) is 0 Å². The summed E-state index contributed by atoms with van der Waals surface area (Å²) in [6.45, 7) is 2.14. The van der Waals surface area contributed by atoms with Gasteiger partial charge in [0.15, 0.2) is 5.12 Å². The molecule has 0 heterocycles. The lowest BCUT2D eigenvalue weighted by atomic mass is 10.2. The molecule has 0 fully saturated rings. The first-order valence-corrected chi connectivity index (χ1v) is 6.38. The van der Waals surface area contributed by atoms with E-state index in [-0.39, 0.29) is 5.12 Å². The summed E-state index contributed by atoms with van der Waals surface area (Å²) in [5, 5.41) is 0.948. The molecule has 0 bridgehead atoms. The van der Waals surface area contributed by atoms with Crippen molar-refractivity contribution in [1.82, 2.24) is 0 Å². The van der Waals surface area contributed by atoms with Crippen LogP contribution in [-0.2, 0) is 4.79 Å². The van der Waals surface area contributed by atoms with Crippen molar-refractivity contribution in [1.29, 1.82) is 0 Å². The summed E-state index contributed by atoms with van der Waals surface area (Å²) in [6.07, 6.45) is 3.95. The van der Waals surface area contributed by atoms with Crippen molar-refractivity contribution in [2.24, 2.45) is 0 Å². The van der Waals surface area contributed by atoms with Crippen LogP contribution in [0.3, 0.4) is 0 Å². The van der Waals surface area contributed by atoms with Crippen molar-refractivity contribution in [2.75, 3.05) is 0 Å². The number of thioether (sulfide) groups is 1. The standard InChI is InChI=1S/C12H15ClOS/c1-2-3-4-5-12(14)15-11-8-6-10(13)7-9-11/h6-9H,2-5H2,1H3. The third-order valence-corrected chi connectivity index (χ3v) is 3.22. The molecule has 15 heavy (non-hydrogen) atoms. The summed E-state index contributed by atoms with van der Waals surface area (Å²) in [7, 11) is 0. The van der Waals surface area contributed by atoms with E-state index in [4.69, 9.17) is 11.6 Å². The lowest BCUT2D eigenvalue weighted by molar-refractivity contribution is -0.111. The molecule has 0 aliphatic rings. The van der Waals surface area contributed by atoms with E-state index in [0.29, 0.717) is 11.4 Å². The van der Waals surface area contributed by atoms with E-state index >= 15 is 0 Å². The van der Waals surface area contributed by atoms with Crippen LogP contribution in [0.1, 0.15) is 32.6 Å². The molecule has 0 saturated carbocycles. The topological polar surface area (TPSA) is 17.1 Å². The zero-order valence-corrected chi connectivity index (χ0v) is 10.4. The Kier molecular flexibility index (Phi) is 5.81. The molecule has 1 rings (SSSR count). The number of carbonyl (C=O) groups is 1. The summed E-state index contributed by atoms with van der Waals surface area (Å²) in [6, 6.07) is 7.38. The molecule has 0 aliphatic carbocycles. The van der Waals surface area contributed by atoms with E-state index in [9.17, 15) is 4.79 Å². The third kappa shape index (κ3) is 5.24. The van der Waals surface area contributed by atoms with Crippen molar-refractivity contribution < 1.29 is 4.79 Å². The highest BCUT2D eigenvalue weighted by molar-refractivity contribution is 8.13. The van der Waals surface area contributed by atoms with E-state index in [2.05, 4.69) is 6.92 Å². The number of rotatable bonds is 5. The molecule has 0 amide bonds. The molecule has 1 aromatic carbocycles. The zero-order chi connectivity index (χ0) is 11.1. The number of unbranched alkanes of at least 4 members (excludes halogenated alkanes) is 2. The molecule has 3 heteroatoms. The second-order valence-corrected chi connectivity index (χ2v) is 4.95. The SMILES string of the molecule is CCCCCC(=O)Sc1ccc(Cl)cc1. The average molecular weight is 243 g/mol. The zero-order valence-electron chi connectivity index (χ0n) is 8.83. The maximum Gasteiger partial charge on any atom is 0.193 e. The fourth-order valence-electron chi connectivity index (χ4n) is 1.20. The molecular weight excluding hydrogens is 228 g/mol. The number of hydrogen-bond acceptors (Lipinski definition) is 2. The van der Waals surface area contributed by atoms with Gasteiger partial charge in [0, 0.05) is 16.3 Å². The summed E-state index contributed by atoms with van der Waals surface area (Å²) in [5.41, 5.74) is 0.